The lowest BCUT2D eigenvalue weighted by Crippen LogP contribution is -2.71. The van der Waals surface area contributed by atoms with Gasteiger partial charge in [-0.05, 0) is 79.6 Å². The van der Waals surface area contributed by atoms with Crippen LogP contribution in [0.5, 0.6) is 0 Å². The molecule has 52 heavy (non-hydrogen) atoms. The molecule has 8 heteroatoms. The highest BCUT2D eigenvalue weighted by molar-refractivity contribution is 7.25. The van der Waals surface area contributed by atoms with Gasteiger partial charge in [0.15, 0.2) is 29.3 Å². The van der Waals surface area contributed by atoms with Gasteiger partial charge in [0.05, 0.1) is 6.20 Å². The molecule has 2 aliphatic heterocycles. The van der Waals surface area contributed by atoms with Crippen molar-refractivity contribution in [1.29, 1.82) is 0 Å². The van der Waals surface area contributed by atoms with Gasteiger partial charge in [-0.25, -0.2) is 19.2 Å². The van der Waals surface area contributed by atoms with E-state index >= 15 is 0 Å². The van der Waals surface area contributed by atoms with Crippen molar-refractivity contribution in [2.75, 3.05) is 0 Å². The SMILES string of the molecule is CCCCc1ccc2c(c1)sc1cc3c(cc12)C(CCC1(CC)[n+]2ccccc2-c2nc(C(C)(C)C)nn2C1(C)CC)[n+]1c-3ccc2nccnc21. The summed E-state index contributed by atoms with van der Waals surface area (Å²) in [4.78, 5) is 15.0. The van der Waals surface area contributed by atoms with Crippen molar-refractivity contribution < 1.29 is 9.13 Å². The highest BCUT2D eigenvalue weighted by Crippen LogP contribution is 2.50. The summed E-state index contributed by atoms with van der Waals surface area (Å²) in [7, 11) is 0. The van der Waals surface area contributed by atoms with E-state index in [4.69, 9.17) is 20.1 Å². The number of unbranched alkanes of at least 4 members (excludes halogenated alkanes) is 1. The molecule has 7 nitrogen and oxygen atoms in total. The Morgan fingerprint density at radius 3 is 2.50 bits per heavy atom. The molecule has 264 valence electrons. The number of nitrogens with zero attached hydrogens (tertiary/aromatic N) is 7. The summed E-state index contributed by atoms with van der Waals surface area (Å²) in [6, 6.07) is 23.2. The van der Waals surface area contributed by atoms with Gasteiger partial charge in [-0.2, -0.15) is 9.67 Å². The number of rotatable bonds is 8. The number of aromatic nitrogens is 7. The standard InChI is InChI=1S/C44H49N7S/c1-8-11-14-28-16-17-29-32-26-30-31(27-38(32)52-37(29)25-28)34-19-18-33-39(46-23-22-45-33)50(34)35(30)20-21-44(10-3)43(7,9-2)51-40(36-15-12-13-24-49(36)44)47-41(48-51)42(4,5)6/h12-13,15-19,22-27,35H,8-11,14,20-21H2,1-7H3/q+2. The fourth-order valence-electron chi connectivity index (χ4n) is 9.44. The highest BCUT2D eigenvalue weighted by atomic mass is 32.1. The minimum atomic E-state index is -0.302. The third-order valence-electron chi connectivity index (χ3n) is 12.5. The maximum Gasteiger partial charge on any atom is 0.349 e. The van der Waals surface area contributed by atoms with Crippen molar-refractivity contribution in [3.05, 3.63) is 96.2 Å². The summed E-state index contributed by atoms with van der Waals surface area (Å²) in [6.45, 7) is 16.0. The summed E-state index contributed by atoms with van der Waals surface area (Å²) in [6.07, 6.45) is 13.3. The van der Waals surface area contributed by atoms with Crippen LogP contribution in [0.4, 0.5) is 0 Å². The van der Waals surface area contributed by atoms with Gasteiger partial charge in [-0.1, -0.05) is 60.1 Å². The average Bonchev–Trinajstić information content (AvgIpc) is 3.86. The predicted octanol–water partition coefficient (Wildman–Crippen LogP) is 9.77. The summed E-state index contributed by atoms with van der Waals surface area (Å²) >= 11 is 1.93. The summed E-state index contributed by atoms with van der Waals surface area (Å²) in [5.41, 5.74) is 7.68. The van der Waals surface area contributed by atoms with E-state index in [2.05, 4.69) is 129 Å². The van der Waals surface area contributed by atoms with Gasteiger partial charge in [-0.3, -0.25) is 0 Å². The number of thiophene rings is 1. The lowest BCUT2D eigenvalue weighted by atomic mass is 9.69. The van der Waals surface area contributed by atoms with Crippen molar-refractivity contribution >= 4 is 42.7 Å². The molecule has 9 rings (SSSR count). The van der Waals surface area contributed by atoms with Crippen LogP contribution in [0.25, 0.3) is 54.1 Å². The number of pyridine rings is 2. The number of hydrogen-bond donors (Lipinski definition) is 0. The fraction of sp³-hybridized carbons (Fsp3) is 0.409. The Hall–Kier alpha value is -4.56. The van der Waals surface area contributed by atoms with Crippen molar-refractivity contribution in [3.8, 4) is 22.8 Å². The molecule has 0 saturated carbocycles. The van der Waals surface area contributed by atoms with E-state index in [9.17, 15) is 0 Å². The molecule has 0 fully saturated rings. The van der Waals surface area contributed by atoms with E-state index in [1.54, 1.807) is 6.20 Å². The third kappa shape index (κ3) is 4.68. The zero-order chi connectivity index (χ0) is 36.0. The topological polar surface area (TPSA) is 64.2 Å². The largest absolute Gasteiger partial charge is 0.349 e. The van der Waals surface area contributed by atoms with Gasteiger partial charge < -0.3 is 0 Å². The molecule has 0 spiro atoms. The number of aryl methyl sites for hydroxylation is 1. The summed E-state index contributed by atoms with van der Waals surface area (Å²) in [5, 5.41) is 8.05. The molecule has 0 saturated heterocycles. The maximum absolute atomic E-state index is 5.33. The van der Waals surface area contributed by atoms with E-state index in [0.29, 0.717) is 0 Å². The number of benzene rings is 2. The first-order chi connectivity index (χ1) is 25.1. The van der Waals surface area contributed by atoms with E-state index in [1.807, 2.05) is 17.5 Å². The van der Waals surface area contributed by atoms with Crippen LogP contribution in [-0.2, 0) is 22.9 Å². The first-order valence-corrected chi connectivity index (χ1v) is 20.1. The lowest BCUT2D eigenvalue weighted by Gasteiger charge is -2.47. The van der Waals surface area contributed by atoms with Crippen LogP contribution >= 0.6 is 11.3 Å². The van der Waals surface area contributed by atoms with Crippen LogP contribution in [0.15, 0.2) is 79.3 Å². The Kier molecular flexibility index (Phi) is 7.67. The van der Waals surface area contributed by atoms with E-state index in [-0.39, 0.29) is 22.5 Å². The van der Waals surface area contributed by atoms with Crippen LogP contribution in [0.2, 0.25) is 0 Å². The fourth-order valence-corrected chi connectivity index (χ4v) is 10.6. The Bertz CT molecular complexity index is 2520. The van der Waals surface area contributed by atoms with Crippen LogP contribution in [0.1, 0.15) is 110 Å². The lowest BCUT2D eigenvalue weighted by molar-refractivity contribution is -0.776. The molecule has 3 unspecified atom stereocenters. The van der Waals surface area contributed by atoms with Gasteiger partial charge in [0.1, 0.15) is 17.3 Å². The Balaban J connectivity index is 1.21. The molecule has 0 aliphatic carbocycles. The number of fused-ring (bicyclic) bond motifs is 11. The monoisotopic (exact) mass is 707 g/mol. The maximum atomic E-state index is 5.33. The summed E-state index contributed by atoms with van der Waals surface area (Å²) in [5.74, 6) is 1.86. The van der Waals surface area contributed by atoms with E-state index in [1.165, 1.54) is 55.4 Å². The molecule has 0 N–H and O–H groups in total. The molecule has 7 aromatic rings. The molecule has 0 radical (unpaired) electrons. The molecule has 3 atom stereocenters. The second-order valence-electron chi connectivity index (χ2n) is 16.3. The van der Waals surface area contributed by atoms with Gasteiger partial charge in [0.2, 0.25) is 5.82 Å². The number of hydrogen-bond acceptors (Lipinski definition) is 5. The molecule has 0 amide bonds. The van der Waals surface area contributed by atoms with Gasteiger partial charge in [0.25, 0.3) is 5.69 Å². The zero-order valence-electron chi connectivity index (χ0n) is 31.6. The molecular formula is C44H49N7S+2. The average molecular weight is 708 g/mol. The molecule has 2 aromatic carbocycles. The molecule has 0 bridgehead atoms. The quantitative estimate of drug-likeness (QED) is 0.148. The Morgan fingerprint density at radius 2 is 1.71 bits per heavy atom. The highest BCUT2D eigenvalue weighted by Gasteiger charge is 2.61. The predicted molar refractivity (Wildman–Crippen MR) is 211 cm³/mol. The minimum absolute atomic E-state index is 0.105. The molecule has 2 aliphatic rings. The van der Waals surface area contributed by atoms with E-state index in [0.717, 1.165) is 60.6 Å². The van der Waals surface area contributed by atoms with Crippen LogP contribution in [-0.4, -0.2) is 24.7 Å². The van der Waals surface area contributed by atoms with E-state index < -0.39 is 0 Å². The Morgan fingerprint density at radius 1 is 0.885 bits per heavy atom. The van der Waals surface area contributed by atoms with Crippen molar-refractivity contribution in [1.82, 2.24) is 24.7 Å². The molecule has 5 aromatic heterocycles. The summed E-state index contributed by atoms with van der Waals surface area (Å²) < 4.78 is 10.1. The third-order valence-corrected chi connectivity index (χ3v) is 13.6. The van der Waals surface area contributed by atoms with Crippen LogP contribution in [0, 0.1) is 0 Å². The van der Waals surface area contributed by atoms with Gasteiger partial charge in [-0.15, -0.1) is 11.3 Å². The molecule has 7 heterocycles. The zero-order valence-corrected chi connectivity index (χ0v) is 32.4. The minimum Gasteiger partial charge on any atom is -0.244 e. The van der Waals surface area contributed by atoms with Gasteiger partial charge in [0, 0.05) is 61.7 Å². The van der Waals surface area contributed by atoms with Gasteiger partial charge >= 0.3 is 5.65 Å². The first-order valence-electron chi connectivity index (χ1n) is 19.3. The normalized spacial score (nSPS) is 20.7. The van der Waals surface area contributed by atoms with Crippen LogP contribution < -0.4 is 9.13 Å². The van der Waals surface area contributed by atoms with Crippen molar-refractivity contribution in [2.24, 2.45) is 0 Å². The first kappa shape index (κ1) is 33.3. The second kappa shape index (κ2) is 12.0. The second-order valence-corrected chi connectivity index (χ2v) is 17.4. The van der Waals surface area contributed by atoms with Crippen molar-refractivity contribution in [3.63, 3.8) is 0 Å². The smallest absolute Gasteiger partial charge is 0.244 e. The molecular weight excluding hydrogens is 659 g/mol. The Labute approximate surface area is 310 Å². The van der Waals surface area contributed by atoms with Crippen LogP contribution in [0.3, 0.4) is 0 Å². The van der Waals surface area contributed by atoms with Crippen molar-refractivity contribution in [2.45, 2.75) is 116 Å².